The van der Waals surface area contributed by atoms with Gasteiger partial charge in [-0.05, 0) is 12.0 Å². The summed E-state index contributed by atoms with van der Waals surface area (Å²) in [4.78, 5) is 48.3. The number of carbonyl (C=O) groups excluding carboxylic acids is 4. The molecule has 0 radical (unpaired) electrons. The van der Waals surface area contributed by atoms with Gasteiger partial charge in [0, 0.05) is 6.42 Å². The maximum atomic E-state index is 12.3. The number of amides is 4. The number of imide groups is 2. The Kier molecular flexibility index (Phi) is 4.59. The molecular formula is C14H16N4O4. The Morgan fingerprint density at radius 3 is 2.50 bits per heavy atom. The van der Waals surface area contributed by atoms with Gasteiger partial charge in [-0.15, -0.1) is 0 Å². The Hall–Kier alpha value is -2.64. The maximum absolute atomic E-state index is 12.3. The molecule has 0 aliphatic carbocycles. The lowest BCUT2D eigenvalue weighted by Gasteiger charge is -2.34. The summed E-state index contributed by atoms with van der Waals surface area (Å²) in [6.07, 6.45) is 2.90. The fourth-order valence-corrected chi connectivity index (χ4v) is 2.41. The van der Waals surface area contributed by atoms with Crippen LogP contribution in [0.5, 0.6) is 0 Å². The molecule has 1 unspecified atom stereocenters. The van der Waals surface area contributed by atoms with Crippen molar-refractivity contribution in [1.29, 1.82) is 0 Å². The molecule has 8 nitrogen and oxygen atoms in total. The van der Waals surface area contributed by atoms with Crippen molar-refractivity contribution >= 4 is 23.6 Å². The average Bonchev–Trinajstić information content (AvgIpc) is 2.51. The van der Waals surface area contributed by atoms with Gasteiger partial charge in [-0.25, -0.2) is 0 Å². The van der Waals surface area contributed by atoms with Crippen LogP contribution in [-0.4, -0.2) is 44.8 Å². The normalized spacial score (nSPS) is 20.8. The third-order valence-corrected chi connectivity index (χ3v) is 3.39. The summed E-state index contributed by atoms with van der Waals surface area (Å²) in [6, 6.07) is -0.936. The van der Waals surface area contributed by atoms with E-state index in [0.717, 1.165) is 4.90 Å². The third kappa shape index (κ3) is 2.72. The molecule has 0 bridgehead atoms. The molecule has 0 aromatic carbocycles. The van der Waals surface area contributed by atoms with Gasteiger partial charge in [0.05, 0.1) is 24.4 Å². The zero-order chi connectivity index (χ0) is 16.3. The van der Waals surface area contributed by atoms with Gasteiger partial charge in [-0.3, -0.25) is 29.4 Å². The Balaban J connectivity index is 0.000000847. The van der Waals surface area contributed by atoms with Crippen LogP contribution in [0.15, 0.2) is 12.4 Å². The summed E-state index contributed by atoms with van der Waals surface area (Å²) in [5.74, 6) is -2.05. The van der Waals surface area contributed by atoms with Crippen LogP contribution < -0.4 is 5.32 Å². The molecule has 2 aliphatic heterocycles. The highest BCUT2D eigenvalue weighted by Gasteiger charge is 2.41. The third-order valence-electron chi connectivity index (χ3n) is 3.39. The average molecular weight is 304 g/mol. The molecule has 1 N–H and O–H groups in total. The van der Waals surface area contributed by atoms with Crippen LogP contribution in [0.3, 0.4) is 0 Å². The summed E-state index contributed by atoms with van der Waals surface area (Å²) >= 11 is 0. The summed E-state index contributed by atoms with van der Waals surface area (Å²) in [7, 11) is 0. The van der Waals surface area contributed by atoms with Gasteiger partial charge in [0.1, 0.15) is 6.04 Å². The van der Waals surface area contributed by atoms with Crippen molar-refractivity contribution in [3.63, 3.8) is 0 Å². The highest BCUT2D eigenvalue weighted by atomic mass is 16.2. The van der Waals surface area contributed by atoms with Gasteiger partial charge in [0.25, 0.3) is 5.91 Å². The monoisotopic (exact) mass is 304 g/mol. The van der Waals surface area contributed by atoms with Crippen molar-refractivity contribution in [2.75, 3.05) is 0 Å². The van der Waals surface area contributed by atoms with E-state index in [2.05, 4.69) is 15.5 Å². The summed E-state index contributed by atoms with van der Waals surface area (Å²) in [5.41, 5.74) is 0.767. The summed E-state index contributed by atoms with van der Waals surface area (Å²) < 4.78 is 0. The van der Waals surface area contributed by atoms with Crippen LogP contribution >= 0.6 is 0 Å². The van der Waals surface area contributed by atoms with Crippen molar-refractivity contribution in [2.45, 2.75) is 39.2 Å². The number of aromatic nitrogens is 2. The second kappa shape index (κ2) is 6.42. The number of nitrogens with one attached hydrogen (secondary N) is 1. The smallest absolute Gasteiger partial charge is 0.263 e. The lowest BCUT2D eigenvalue weighted by molar-refractivity contribution is -0.143. The van der Waals surface area contributed by atoms with Crippen LogP contribution in [0.1, 0.15) is 42.6 Å². The highest BCUT2D eigenvalue weighted by Crippen LogP contribution is 2.23. The molecule has 22 heavy (non-hydrogen) atoms. The fourth-order valence-electron chi connectivity index (χ4n) is 2.41. The fraction of sp³-hybridized carbons (Fsp3) is 0.429. The highest BCUT2D eigenvalue weighted by molar-refractivity contribution is 6.13. The predicted molar refractivity (Wildman–Crippen MR) is 74.4 cm³/mol. The van der Waals surface area contributed by atoms with Gasteiger partial charge >= 0.3 is 0 Å². The molecule has 1 fully saturated rings. The number of rotatable bonds is 1. The van der Waals surface area contributed by atoms with E-state index in [1.54, 1.807) is 0 Å². The molecule has 2 aliphatic rings. The van der Waals surface area contributed by atoms with Crippen molar-refractivity contribution < 1.29 is 19.2 Å². The second-order valence-electron chi connectivity index (χ2n) is 4.64. The zero-order valence-electron chi connectivity index (χ0n) is 12.3. The van der Waals surface area contributed by atoms with E-state index in [4.69, 9.17) is 0 Å². The van der Waals surface area contributed by atoms with Crippen molar-refractivity contribution in [3.8, 4) is 0 Å². The molecule has 1 atom stereocenters. The maximum Gasteiger partial charge on any atom is 0.263 e. The standard InChI is InChI=1S/C12H10N4O4.C2H6/c17-9-2-1-8(11(19)15-9)16-10(18)3-6-4-13-14-5-7(6)12(16)20;1-2/h4-5,8H,1-3H2,(H,15,17,19);1-2H3. The quantitative estimate of drug-likeness (QED) is 0.722. The molecular weight excluding hydrogens is 288 g/mol. The number of fused-ring (bicyclic) bond motifs is 1. The lowest BCUT2D eigenvalue weighted by Crippen LogP contribution is -2.58. The minimum Gasteiger partial charge on any atom is -0.295 e. The van der Waals surface area contributed by atoms with Crippen molar-refractivity contribution in [3.05, 3.63) is 23.5 Å². The molecule has 0 saturated carbocycles. The molecule has 1 saturated heterocycles. The molecule has 3 heterocycles. The minimum atomic E-state index is -0.936. The van der Waals surface area contributed by atoms with Crippen LogP contribution in [-0.2, 0) is 20.8 Å². The van der Waals surface area contributed by atoms with E-state index in [1.807, 2.05) is 13.8 Å². The van der Waals surface area contributed by atoms with Gasteiger partial charge in [-0.2, -0.15) is 10.2 Å². The molecule has 3 rings (SSSR count). The predicted octanol–water partition coefficient (Wildman–Crippen LogP) is -0.167. The molecule has 0 spiro atoms. The lowest BCUT2D eigenvalue weighted by atomic mass is 9.97. The number of carbonyl (C=O) groups is 4. The summed E-state index contributed by atoms with van der Waals surface area (Å²) in [6.45, 7) is 4.00. The Morgan fingerprint density at radius 1 is 1.14 bits per heavy atom. The number of hydrogen-bond acceptors (Lipinski definition) is 6. The zero-order valence-corrected chi connectivity index (χ0v) is 12.3. The Morgan fingerprint density at radius 2 is 1.82 bits per heavy atom. The number of hydrogen-bond donors (Lipinski definition) is 1. The first-order valence-electron chi connectivity index (χ1n) is 7.07. The van der Waals surface area contributed by atoms with Gasteiger partial charge in [0.2, 0.25) is 17.7 Å². The van der Waals surface area contributed by atoms with Crippen LogP contribution in [0, 0.1) is 0 Å². The first-order valence-corrected chi connectivity index (χ1v) is 7.07. The number of piperidine rings is 1. The first kappa shape index (κ1) is 15.7. The van der Waals surface area contributed by atoms with E-state index in [-0.39, 0.29) is 24.8 Å². The molecule has 1 aromatic rings. The van der Waals surface area contributed by atoms with Crippen molar-refractivity contribution in [1.82, 2.24) is 20.4 Å². The van der Waals surface area contributed by atoms with Crippen molar-refractivity contribution in [2.24, 2.45) is 0 Å². The molecule has 116 valence electrons. The Bertz CT molecular complexity index is 643. The van der Waals surface area contributed by atoms with E-state index < -0.39 is 29.7 Å². The molecule has 4 amide bonds. The van der Waals surface area contributed by atoms with Gasteiger partial charge in [0.15, 0.2) is 0 Å². The second-order valence-corrected chi connectivity index (χ2v) is 4.64. The van der Waals surface area contributed by atoms with Gasteiger partial charge < -0.3 is 0 Å². The van der Waals surface area contributed by atoms with Crippen LogP contribution in [0.2, 0.25) is 0 Å². The first-order chi connectivity index (χ1) is 10.6. The Labute approximate surface area is 126 Å². The molecule has 8 heteroatoms. The molecule has 1 aromatic heterocycles. The van der Waals surface area contributed by atoms with E-state index >= 15 is 0 Å². The largest absolute Gasteiger partial charge is 0.295 e. The van der Waals surface area contributed by atoms with E-state index in [9.17, 15) is 19.2 Å². The van der Waals surface area contributed by atoms with Crippen LogP contribution in [0.25, 0.3) is 0 Å². The SMILES string of the molecule is CC.O=C1CCC(N2C(=O)Cc3cnncc3C2=O)C(=O)N1. The van der Waals surface area contributed by atoms with Crippen LogP contribution in [0.4, 0.5) is 0 Å². The number of nitrogens with zero attached hydrogens (tertiary/aromatic N) is 3. The van der Waals surface area contributed by atoms with E-state index in [1.165, 1.54) is 12.4 Å². The van der Waals surface area contributed by atoms with Gasteiger partial charge in [-0.1, -0.05) is 13.8 Å². The minimum absolute atomic E-state index is 0.00564. The topological polar surface area (TPSA) is 109 Å². The van der Waals surface area contributed by atoms with E-state index in [0.29, 0.717) is 5.56 Å². The summed E-state index contributed by atoms with van der Waals surface area (Å²) in [5, 5.41) is 9.39.